The standard InChI is InChI=1S/C12H14N2O2/c1-10-7-13-14(8-10)12(15)16-9-11-5-3-2-4-6-11/h2-6,13H,1,7-9H2. The van der Waals surface area contributed by atoms with Crippen molar-refractivity contribution in [3.63, 3.8) is 0 Å². The van der Waals surface area contributed by atoms with Crippen LogP contribution in [0.2, 0.25) is 0 Å². The van der Waals surface area contributed by atoms with Crippen molar-refractivity contribution in [2.75, 3.05) is 13.1 Å². The fourth-order valence-corrected chi connectivity index (χ4v) is 1.47. The lowest BCUT2D eigenvalue weighted by Gasteiger charge is -2.14. The van der Waals surface area contributed by atoms with Gasteiger partial charge in [-0.05, 0) is 11.1 Å². The third-order valence-electron chi connectivity index (χ3n) is 2.33. The van der Waals surface area contributed by atoms with Crippen molar-refractivity contribution in [2.45, 2.75) is 6.61 Å². The van der Waals surface area contributed by atoms with Crippen LogP contribution in [-0.4, -0.2) is 24.2 Å². The summed E-state index contributed by atoms with van der Waals surface area (Å²) < 4.78 is 5.14. The van der Waals surface area contributed by atoms with E-state index in [0.29, 0.717) is 19.7 Å². The van der Waals surface area contributed by atoms with E-state index in [1.54, 1.807) is 0 Å². The summed E-state index contributed by atoms with van der Waals surface area (Å²) in [5.74, 6) is 0. The second kappa shape index (κ2) is 4.81. The summed E-state index contributed by atoms with van der Waals surface area (Å²) in [6.45, 7) is 5.25. The predicted molar refractivity (Wildman–Crippen MR) is 60.5 cm³/mol. The number of carbonyl (C=O) groups excluding carboxylic acids is 1. The van der Waals surface area contributed by atoms with Crippen LogP contribution in [0, 0.1) is 0 Å². The molecule has 16 heavy (non-hydrogen) atoms. The van der Waals surface area contributed by atoms with Crippen molar-refractivity contribution >= 4 is 6.09 Å². The minimum Gasteiger partial charge on any atom is -0.444 e. The van der Waals surface area contributed by atoms with Gasteiger partial charge in [-0.3, -0.25) is 0 Å². The molecule has 2 rings (SSSR count). The lowest BCUT2D eigenvalue weighted by Crippen LogP contribution is -2.37. The van der Waals surface area contributed by atoms with Crippen LogP contribution in [-0.2, 0) is 11.3 Å². The fourth-order valence-electron chi connectivity index (χ4n) is 1.47. The van der Waals surface area contributed by atoms with E-state index in [-0.39, 0.29) is 6.09 Å². The molecule has 0 aliphatic carbocycles. The Labute approximate surface area is 94.5 Å². The molecule has 0 radical (unpaired) electrons. The maximum absolute atomic E-state index is 11.6. The third kappa shape index (κ3) is 2.61. The van der Waals surface area contributed by atoms with Crippen LogP contribution in [0.1, 0.15) is 5.56 Å². The van der Waals surface area contributed by atoms with Crippen molar-refractivity contribution in [1.29, 1.82) is 0 Å². The van der Waals surface area contributed by atoms with Crippen LogP contribution in [0.15, 0.2) is 42.5 Å². The Morgan fingerprint density at radius 1 is 1.44 bits per heavy atom. The number of benzene rings is 1. The van der Waals surface area contributed by atoms with Gasteiger partial charge in [0.1, 0.15) is 6.61 Å². The van der Waals surface area contributed by atoms with Gasteiger partial charge in [0, 0.05) is 6.54 Å². The van der Waals surface area contributed by atoms with Crippen molar-refractivity contribution in [3.8, 4) is 0 Å². The Balaban J connectivity index is 1.82. The summed E-state index contributed by atoms with van der Waals surface area (Å²) in [4.78, 5) is 11.6. The van der Waals surface area contributed by atoms with Crippen molar-refractivity contribution in [2.24, 2.45) is 0 Å². The summed E-state index contributed by atoms with van der Waals surface area (Å²) in [7, 11) is 0. The van der Waals surface area contributed by atoms with Gasteiger partial charge in [0.2, 0.25) is 0 Å². The minimum absolute atomic E-state index is 0.296. The van der Waals surface area contributed by atoms with E-state index in [1.807, 2.05) is 30.3 Å². The molecule has 0 spiro atoms. The van der Waals surface area contributed by atoms with Gasteiger partial charge in [-0.2, -0.15) is 0 Å². The normalized spacial score (nSPS) is 15.2. The summed E-state index contributed by atoms with van der Waals surface area (Å²) in [5.41, 5.74) is 4.87. The Hall–Kier alpha value is -1.81. The van der Waals surface area contributed by atoms with E-state index in [0.717, 1.165) is 11.1 Å². The zero-order valence-corrected chi connectivity index (χ0v) is 8.98. The smallest absolute Gasteiger partial charge is 0.424 e. The zero-order chi connectivity index (χ0) is 11.4. The molecule has 1 fully saturated rings. The number of carbonyl (C=O) groups is 1. The largest absolute Gasteiger partial charge is 0.444 e. The first-order chi connectivity index (χ1) is 7.75. The van der Waals surface area contributed by atoms with Crippen molar-refractivity contribution < 1.29 is 9.53 Å². The Kier molecular flexibility index (Phi) is 3.22. The zero-order valence-electron chi connectivity index (χ0n) is 8.98. The van der Waals surface area contributed by atoms with Crippen LogP contribution in [0.5, 0.6) is 0 Å². The maximum Gasteiger partial charge on any atom is 0.424 e. The van der Waals surface area contributed by atoms with Gasteiger partial charge in [0.05, 0.1) is 6.54 Å². The molecule has 4 heteroatoms. The maximum atomic E-state index is 11.6. The lowest BCUT2D eigenvalue weighted by molar-refractivity contribution is 0.0909. The SMILES string of the molecule is C=C1CNN(C(=O)OCc2ccccc2)C1. The molecule has 84 valence electrons. The molecule has 0 saturated carbocycles. The summed E-state index contributed by atoms with van der Waals surface area (Å²) >= 11 is 0. The van der Waals surface area contributed by atoms with E-state index in [1.165, 1.54) is 5.01 Å². The van der Waals surface area contributed by atoms with E-state index < -0.39 is 0 Å². The van der Waals surface area contributed by atoms with Crippen LogP contribution in [0.3, 0.4) is 0 Å². The van der Waals surface area contributed by atoms with Gasteiger partial charge < -0.3 is 4.74 Å². The second-order valence-electron chi connectivity index (χ2n) is 3.71. The van der Waals surface area contributed by atoms with E-state index in [2.05, 4.69) is 12.0 Å². The first kappa shape index (κ1) is 10.7. The number of rotatable bonds is 2. The van der Waals surface area contributed by atoms with E-state index >= 15 is 0 Å². The average Bonchev–Trinajstić information content (AvgIpc) is 2.74. The number of nitrogens with one attached hydrogen (secondary N) is 1. The van der Waals surface area contributed by atoms with Crippen LogP contribution < -0.4 is 5.43 Å². The van der Waals surface area contributed by atoms with Gasteiger partial charge in [0.25, 0.3) is 0 Å². The molecule has 1 N–H and O–H groups in total. The van der Waals surface area contributed by atoms with E-state index in [4.69, 9.17) is 4.74 Å². The minimum atomic E-state index is -0.359. The second-order valence-corrected chi connectivity index (χ2v) is 3.71. The number of amides is 1. The fraction of sp³-hybridized carbons (Fsp3) is 0.250. The molecule has 0 atom stereocenters. The molecule has 1 aromatic carbocycles. The van der Waals surface area contributed by atoms with Crippen molar-refractivity contribution in [3.05, 3.63) is 48.0 Å². The van der Waals surface area contributed by atoms with Crippen molar-refractivity contribution in [1.82, 2.24) is 10.4 Å². The summed E-state index contributed by atoms with van der Waals surface area (Å²) in [6, 6.07) is 9.60. The molecule has 1 aliphatic rings. The molecule has 1 aliphatic heterocycles. The number of nitrogens with zero attached hydrogens (tertiary/aromatic N) is 1. The number of hydrogen-bond donors (Lipinski definition) is 1. The molecular weight excluding hydrogens is 204 g/mol. The number of ether oxygens (including phenoxy) is 1. The highest BCUT2D eigenvalue weighted by Gasteiger charge is 2.21. The molecule has 1 aromatic rings. The topological polar surface area (TPSA) is 41.6 Å². The highest BCUT2D eigenvalue weighted by atomic mass is 16.6. The van der Waals surface area contributed by atoms with Gasteiger partial charge in [-0.1, -0.05) is 36.9 Å². The molecule has 0 unspecified atom stereocenters. The van der Waals surface area contributed by atoms with Gasteiger partial charge >= 0.3 is 6.09 Å². The quantitative estimate of drug-likeness (QED) is 0.768. The summed E-state index contributed by atoms with van der Waals surface area (Å²) in [6.07, 6.45) is -0.359. The molecule has 0 bridgehead atoms. The van der Waals surface area contributed by atoms with Crippen LogP contribution >= 0.6 is 0 Å². The van der Waals surface area contributed by atoms with Gasteiger partial charge in [-0.15, -0.1) is 0 Å². The van der Waals surface area contributed by atoms with Crippen LogP contribution in [0.25, 0.3) is 0 Å². The average molecular weight is 218 g/mol. The monoisotopic (exact) mass is 218 g/mol. The Morgan fingerprint density at radius 3 is 2.81 bits per heavy atom. The third-order valence-corrected chi connectivity index (χ3v) is 2.33. The van der Waals surface area contributed by atoms with Gasteiger partial charge in [0.15, 0.2) is 0 Å². The Morgan fingerprint density at radius 2 is 2.19 bits per heavy atom. The molecule has 0 aromatic heterocycles. The molecule has 1 saturated heterocycles. The molecular formula is C12H14N2O2. The highest BCUT2D eigenvalue weighted by Crippen LogP contribution is 2.06. The highest BCUT2D eigenvalue weighted by molar-refractivity contribution is 5.68. The predicted octanol–water partition coefficient (Wildman–Crippen LogP) is 1.70. The molecule has 1 amide bonds. The number of hydrazine groups is 1. The van der Waals surface area contributed by atoms with E-state index in [9.17, 15) is 4.79 Å². The Bertz CT molecular complexity index is 389. The van der Waals surface area contributed by atoms with Crippen LogP contribution in [0.4, 0.5) is 4.79 Å². The molecule has 1 heterocycles. The first-order valence-electron chi connectivity index (χ1n) is 5.14. The number of hydrogen-bond acceptors (Lipinski definition) is 3. The first-order valence-corrected chi connectivity index (χ1v) is 5.14. The molecule has 4 nitrogen and oxygen atoms in total. The van der Waals surface area contributed by atoms with Gasteiger partial charge in [-0.25, -0.2) is 15.2 Å². The summed E-state index contributed by atoms with van der Waals surface area (Å²) in [5, 5.41) is 1.44. The lowest BCUT2D eigenvalue weighted by atomic mass is 10.2.